The van der Waals surface area contributed by atoms with Crippen LogP contribution in [0.5, 0.6) is 5.75 Å². The molecule has 1 aromatic rings. The van der Waals surface area contributed by atoms with E-state index in [1.165, 1.54) is 0 Å². The minimum atomic E-state index is -4.18. The second kappa shape index (κ2) is 7.78. The molecule has 8 heteroatoms. The summed E-state index contributed by atoms with van der Waals surface area (Å²) in [5, 5.41) is 12.0. The molecule has 0 saturated heterocycles. The summed E-state index contributed by atoms with van der Waals surface area (Å²) in [7, 11) is 0. The van der Waals surface area contributed by atoms with E-state index in [2.05, 4.69) is 5.32 Å². The zero-order valence-electron chi connectivity index (χ0n) is 14.7. The summed E-state index contributed by atoms with van der Waals surface area (Å²) in [5.74, 6) is -2.35. The Morgan fingerprint density at radius 2 is 1.93 bits per heavy atom. The molecule has 1 unspecified atom stereocenters. The number of amides is 1. The van der Waals surface area contributed by atoms with Crippen molar-refractivity contribution in [3.05, 3.63) is 29.3 Å². The number of alkyl halides is 3. The Kier molecular flexibility index (Phi) is 5.62. The number of hydrogen-bond acceptors (Lipinski definition) is 3. The molecule has 5 nitrogen and oxygen atoms in total. The summed E-state index contributed by atoms with van der Waals surface area (Å²) in [4.78, 5) is 23.9. The number of carbonyl (C=O) groups excluding carboxylic acids is 1. The van der Waals surface area contributed by atoms with Crippen LogP contribution in [0.1, 0.15) is 49.3 Å². The average Bonchev–Trinajstić information content (AvgIpc) is 3.06. The van der Waals surface area contributed by atoms with E-state index in [4.69, 9.17) is 4.74 Å². The number of hydrogen-bond donors (Lipinski definition) is 2. The van der Waals surface area contributed by atoms with Crippen LogP contribution in [0, 0.1) is 11.8 Å². The Bertz CT molecular complexity index is 711. The molecule has 3 rings (SSSR count). The second-order valence-corrected chi connectivity index (χ2v) is 7.27. The SMILES string of the molecule is O=C(CC1CCC(C(F)(F)F)CC1)NC(C(=O)O)c1ccc2c(c1)CCO2. The van der Waals surface area contributed by atoms with Crippen molar-refractivity contribution in [3.63, 3.8) is 0 Å². The first-order valence-electron chi connectivity index (χ1n) is 9.08. The van der Waals surface area contributed by atoms with Gasteiger partial charge < -0.3 is 15.2 Å². The third-order valence-electron chi connectivity index (χ3n) is 5.38. The normalized spacial score (nSPS) is 23.2. The van der Waals surface area contributed by atoms with Gasteiger partial charge in [0.05, 0.1) is 12.5 Å². The number of carbonyl (C=O) groups is 2. The van der Waals surface area contributed by atoms with Gasteiger partial charge >= 0.3 is 12.1 Å². The largest absolute Gasteiger partial charge is 0.493 e. The van der Waals surface area contributed by atoms with Crippen LogP contribution in [-0.4, -0.2) is 29.8 Å². The Balaban J connectivity index is 1.58. The monoisotopic (exact) mass is 385 g/mol. The lowest BCUT2D eigenvalue weighted by atomic mass is 9.80. The molecule has 1 aliphatic heterocycles. The first kappa shape index (κ1) is 19.5. The van der Waals surface area contributed by atoms with E-state index in [9.17, 15) is 27.9 Å². The molecule has 2 aliphatic rings. The minimum Gasteiger partial charge on any atom is -0.493 e. The average molecular weight is 385 g/mol. The van der Waals surface area contributed by atoms with Gasteiger partial charge in [-0.25, -0.2) is 4.79 Å². The van der Waals surface area contributed by atoms with Gasteiger partial charge in [-0.3, -0.25) is 4.79 Å². The summed E-state index contributed by atoms with van der Waals surface area (Å²) in [6.45, 7) is 0.545. The van der Waals surface area contributed by atoms with E-state index in [1.54, 1.807) is 18.2 Å². The molecule has 1 amide bonds. The minimum absolute atomic E-state index is 0.0224. The van der Waals surface area contributed by atoms with Crippen molar-refractivity contribution in [2.75, 3.05) is 6.61 Å². The maximum atomic E-state index is 12.7. The van der Waals surface area contributed by atoms with Crippen LogP contribution in [-0.2, 0) is 16.0 Å². The predicted molar refractivity (Wildman–Crippen MR) is 90.3 cm³/mol. The Morgan fingerprint density at radius 1 is 1.22 bits per heavy atom. The molecule has 27 heavy (non-hydrogen) atoms. The molecular weight excluding hydrogens is 363 g/mol. The predicted octanol–water partition coefficient (Wildman–Crippen LogP) is 3.62. The van der Waals surface area contributed by atoms with Crippen LogP contribution >= 0.6 is 0 Å². The van der Waals surface area contributed by atoms with Gasteiger partial charge in [-0.15, -0.1) is 0 Å². The van der Waals surface area contributed by atoms with E-state index in [0.29, 0.717) is 31.4 Å². The molecule has 2 N–H and O–H groups in total. The summed E-state index contributed by atoms with van der Waals surface area (Å²) >= 11 is 0. The zero-order valence-corrected chi connectivity index (χ0v) is 14.7. The molecule has 1 atom stereocenters. The quantitative estimate of drug-likeness (QED) is 0.812. The molecule has 1 aromatic carbocycles. The summed E-state index contributed by atoms with van der Waals surface area (Å²) < 4.78 is 43.6. The van der Waals surface area contributed by atoms with Gasteiger partial charge in [0.1, 0.15) is 5.75 Å². The maximum Gasteiger partial charge on any atom is 0.391 e. The molecule has 0 aromatic heterocycles. The van der Waals surface area contributed by atoms with Crippen molar-refractivity contribution in [3.8, 4) is 5.75 Å². The highest BCUT2D eigenvalue weighted by molar-refractivity contribution is 5.84. The number of rotatable bonds is 5. The van der Waals surface area contributed by atoms with Gasteiger partial charge in [0.2, 0.25) is 5.91 Å². The van der Waals surface area contributed by atoms with Gasteiger partial charge in [-0.05, 0) is 54.9 Å². The molecular formula is C19H22F3NO4. The van der Waals surface area contributed by atoms with Crippen molar-refractivity contribution >= 4 is 11.9 Å². The van der Waals surface area contributed by atoms with Crippen LogP contribution < -0.4 is 10.1 Å². The van der Waals surface area contributed by atoms with Gasteiger partial charge in [0, 0.05) is 12.8 Å². The fourth-order valence-electron chi connectivity index (χ4n) is 3.85. The smallest absolute Gasteiger partial charge is 0.391 e. The van der Waals surface area contributed by atoms with Crippen LogP contribution in [0.25, 0.3) is 0 Å². The van der Waals surface area contributed by atoms with E-state index in [1.807, 2.05) is 0 Å². The van der Waals surface area contributed by atoms with Crippen molar-refractivity contribution in [1.29, 1.82) is 0 Å². The van der Waals surface area contributed by atoms with Crippen molar-refractivity contribution in [2.45, 2.75) is 50.7 Å². The van der Waals surface area contributed by atoms with Gasteiger partial charge in [-0.1, -0.05) is 6.07 Å². The van der Waals surface area contributed by atoms with E-state index >= 15 is 0 Å². The molecule has 148 valence electrons. The third-order valence-corrected chi connectivity index (χ3v) is 5.38. The van der Waals surface area contributed by atoms with Gasteiger partial charge in [0.25, 0.3) is 0 Å². The number of carboxylic acid groups (broad SMARTS) is 1. The van der Waals surface area contributed by atoms with Crippen molar-refractivity contribution in [1.82, 2.24) is 5.32 Å². The zero-order chi connectivity index (χ0) is 19.6. The summed E-state index contributed by atoms with van der Waals surface area (Å²) in [5.41, 5.74) is 1.36. The lowest BCUT2D eigenvalue weighted by molar-refractivity contribution is -0.184. The second-order valence-electron chi connectivity index (χ2n) is 7.27. The lowest BCUT2D eigenvalue weighted by Gasteiger charge is -2.29. The van der Waals surface area contributed by atoms with Crippen LogP contribution in [0.15, 0.2) is 18.2 Å². The summed E-state index contributed by atoms with van der Waals surface area (Å²) in [6, 6.07) is 3.83. The summed E-state index contributed by atoms with van der Waals surface area (Å²) in [6.07, 6.45) is -2.76. The highest BCUT2D eigenvalue weighted by atomic mass is 19.4. The van der Waals surface area contributed by atoms with Crippen LogP contribution in [0.3, 0.4) is 0 Å². The highest BCUT2D eigenvalue weighted by Crippen LogP contribution is 2.40. The van der Waals surface area contributed by atoms with E-state index in [0.717, 1.165) is 11.3 Å². The van der Waals surface area contributed by atoms with Crippen molar-refractivity contribution in [2.24, 2.45) is 11.8 Å². The molecule has 0 radical (unpaired) electrons. The molecule has 1 fully saturated rings. The van der Waals surface area contributed by atoms with E-state index < -0.39 is 30.0 Å². The first-order valence-corrected chi connectivity index (χ1v) is 9.08. The fourth-order valence-corrected chi connectivity index (χ4v) is 3.85. The fraction of sp³-hybridized carbons (Fsp3) is 0.579. The molecule has 0 spiro atoms. The Hall–Kier alpha value is -2.25. The lowest BCUT2D eigenvalue weighted by Crippen LogP contribution is -2.36. The van der Waals surface area contributed by atoms with Gasteiger partial charge in [0.15, 0.2) is 6.04 Å². The number of benzene rings is 1. The van der Waals surface area contributed by atoms with Crippen molar-refractivity contribution < 1.29 is 32.6 Å². The first-order chi connectivity index (χ1) is 12.7. The number of carboxylic acids is 1. The van der Waals surface area contributed by atoms with Gasteiger partial charge in [-0.2, -0.15) is 13.2 Å². The number of fused-ring (bicyclic) bond motifs is 1. The van der Waals surface area contributed by atoms with E-state index in [-0.39, 0.29) is 25.2 Å². The van der Waals surface area contributed by atoms with Crippen LogP contribution in [0.2, 0.25) is 0 Å². The molecule has 0 bridgehead atoms. The molecule has 1 heterocycles. The molecule has 1 saturated carbocycles. The topological polar surface area (TPSA) is 75.6 Å². The Labute approximate surface area is 154 Å². The standard InChI is InChI=1S/C19H22F3NO4/c20-19(21,22)14-4-1-11(2-5-14)9-16(24)23-17(18(25)26)13-3-6-15-12(10-13)7-8-27-15/h3,6,10-11,14,17H,1-2,4-5,7-9H2,(H,23,24)(H,25,26). The Morgan fingerprint density at radius 3 is 2.56 bits per heavy atom. The number of nitrogens with one attached hydrogen (secondary N) is 1. The van der Waals surface area contributed by atoms with Crippen LogP contribution in [0.4, 0.5) is 13.2 Å². The molecule has 1 aliphatic carbocycles. The maximum absolute atomic E-state index is 12.7. The number of aliphatic carboxylic acids is 1. The third kappa shape index (κ3) is 4.73. The number of ether oxygens (including phenoxy) is 1. The number of halogens is 3. The highest BCUT2D eigenvalue weighted by Gasteiger charge is 2.41.